The van der Waals surface area contributed by atoms with Gasteiger partial charge >= 0.3 is 6.18 Å². The first-order valence-electron chi connectivity index (χ1n) is 13.2. The Kier molecular flexibility index (Phi) is 5.89. The van der Waals surface area contributed by atoms with Gasteiger partial charge in [-0.05, 0) is 48.6 Å². The predicted molar refractivity (Wildman–Crippen MR) is 138 cm³/mol. The predicted octanol–water partition coefficient (Wildman–Crippen LogP) is 3.99. The minimum atomic E-state index is -4.41. The van der Waals surface area contributed by atoms with E-state index in [1.54, 1.807) is 18.0 Å². The van der Waals surface area contributed by atoms with E-state index in [0.717, 1.165) is 23.3 Å². The molecule has 5 atom stereocenters. The summed E-state index contributed by atoms with van der Waals surface area (Å²) in [7, 11) is 1.69. The normalized spacial score (nSPS) is 30.4. The molecule has 39 heavy (non-hydrogen) atoms. The molecule has 9 heteroatoms. The van der Waals surface area contributed by atoms with E-state index >= 15 is 0 Å². The van der Waals surface area contributed by atoms with Crippen LogP contribution in [0.25, 0.3) is 0 Å². The molecule has 2 aliphatic carbocycles. The minimum absolute atomic E-state index is 0.0156. The van der Waals surface area contributed by atoms with Gasteiger partial charge in [-0.1, -0.05) is 36.4 Å². The zero-order chi connectivity index (χ0) is 27.7. The number of hydrogen-bond acceptors (Lipinski definition) is 5. The fraction of sp³-hybridized carbons (Fsp3) is 0.433. The molecule has 6 rings (SSSR count). The van der Waals surface area contributed by atoms with E-state index in [-0.39, 0.29) is 24.1 Å². The van der Waals surface area contributed by atoms with Gasteiger partial charge in [0.2, 0.25) is 5.91 Å². The number of phenols is 1. The van der Waals surface area contributed by atoms with E-state index in [1.807, 2.05) is 24.3 Å². The number of amides is 1. The molecular weight excluding hydrogens is 509 g/mol. The lowest BCUT2D eigenvalue weighted by Crippen LogP contribution is -2.76. The highest BCUT2D eigenvalue weighted by molar-refractivity contribution is 5.77. The third kappa shape index (κ3) is 3.66. The Morgan fingerprint density at radius 3 is 2.69 bits per heavy atom. The minimum Gasteiger partial charge on any atom is -0.504 e. The van der Waals surface area contributed by atoms with E-state index in [9.17, 15) is 28.2 Å². The lowest BCUT2D eigenvalue weighted by atomic mass is 9.50. The Hall–Kier alpha value is -3.30. The Bertz CT molecular complexity index is 1360. The number of aromatic hydroxyl groups is 1. The number of alkyl halides is 3. The Labute approximate surface area is 225 Å². The van der Waals surface area contributed by atoms with Crippen molar-refractivity contribution >= 4 is 5.91 Å². The van der Waals surface area contributed by atoms with E-state index in [4.69, 9.17) is 4.74 Å². The number of aryl methyl sites for hydroxylation is 1. The summed E-state index contributed by atoms with van der Waals surface area (Å²) in [6, 6.07) is 7.66. The molecule has 1 spiro atoms. The highest BCUT2D eigenvalue weighted by Gasteiger charge is 2.72. The van der Waals surface area contributed by atoms with Crippen LogP contribution in [0.2, 0.25) is 0 Å². The zero-order valence-corrected chi connectivity index (χ0v) is 21.6. The van der Waals surface area contributed by atoms with Crippen molar-refractivity contribution in [2.75, 3.05) is 20.1 Å². The summed E-state index contributed by atoms with van der Waals surface area (Å²) in [5.41, 5.74) is -0.312. The molecular formula is C30H31F3N2O4. The van der Waals surface area contributed by atoms with Crippen molar-refractivity contribution in [1.82, 2.24) is 9.80 Å². The topological polar surface area (TPSA) is 73.2 Å². The number of halogens is 3. The maximum Gasteiger partial charge on any atom is 0.416 e. The molecule has 4 aliphatic rings. The molecule has 2 aliphatic heterocycles. The Morgan fingerprint density at radius 1 is 1.26 bits per heavy atom. The number of ether oxygens (including phenoxy) is 1. The van der Waals surface area contributed by atoms with Crippen LogP contribution < -0.4 is 4.74 Å². The fourth-order valence-electron chi connectivity index (χ4n) is 7.34. The molecule has 0 radical (unpaired) electrons. The number of benzene rings is 2. The number of piperidine rings is 1. The third-order valence-electron chi connectivity index (χ3n) is 9.24. The second kappa shape index (κ2) is 8.86. The van der Waals surface area contributed by atoms with Crippen LogP contribution >= 0.6 is 0 Å². The Balaban J connectivity index is 1.30. The number of likely N-dealkylation sites (N-methyl/N-ethyl adjacent to an activating group) is 1. The number of carbonyl (C=O) groups excluding carboxylic acids is 1. The quantitative estimate of drug-likeness (QED) is 0.543. The average molecular weight is 541 g/mol. The molecule has 1 amide bonds. The summed E-state index contributed by atoms with van der Waals surface area (Å²) in [6.07, 6.45) is 2.05. The van der Waals surface area contributed by atoms with Crippen molar-refractivity contribution in [3.8, 4) is 11.5 Å². The van der Waals surface area contributed by atoms with E-state index in [1.165, 1.54) is 12.1 Å². The van der Waals surface area contributed by atoms with Crippen LogP contribution in [0.15, 0.2) is 61.2 Å². The molecule has 6 nitrogen and oxygen atoms in total. The molecule has 2 N–H and O–H groups in total. The fourth-order valence-corrected chi connectivity index (χ4v) is 7.34. The molecule has 2 aromatic carbocycles. The molecule has 0 saturated carbocycles. The van der Waals surface area contributed by atoms with Crippen LogP contribution in [0.3, 0.4) is 0 Å². The summed E-state index contributed by atoms with van der Waals surface area (Å²) < 4.78 is 45.1. The molecule has 2 bridgehead atoms. The van der Waals surface area contributed by atoms with Crippen LogP contribution in [0, 0.1) is 0 Å². The van der Waals surface area contributed by atoms with Crippen molar-refractivity contribution in [2.45, 2.75) is 61.1 Å². The molecule has 1 fully saturated rings. The van der Waals surface area contributed by atoms with Crippen LogP contribution in [0.5, 0.6) is 11.5 Å². The van der Waals surface area contributed by atoms with Crippen LogP contribution in [0.1, 0.15) is 35.1 Å². The summed E-state index contributed by atoms with van der Waals surface area (Å²) in [4.78, 5) is 17.2. The highest BCUT2D eigenvalue weighted by atomic mass is 19.4. The maximum absolute atomic E-state index is 13.3. The van der Waals surface area contributed by atoms with Gasteiger partial charge in [0, 0.05) is 38.2 Å². The van der Waals surface area contributed by atoms with Crippen molar-refractivity contribution in [3.05, 3.63) is 83.5 Å². The van der Waals surface area contributed by atoms with Gasteiger partial charge in [-0.25, -0.2) is 0 Å². The van der Waals surface area contributed by atoms with Crippen molar-refractivity contribution in [3.63, 3.8) is 0 Å². The maximum atomic E-state index is 13.3. The number of hydrogen-bond donors (Lipinski definition) is 2. The highest BCUT2D eigenvalue weighted by Crippen LogP contribution is 2.64. The summed E-state index contributed by atoms with van der Waals surface area (Å²) >= 11 is 0. The molecule has 0 aromatic heterocycles. The lowest BCUT2D eigenvalue weighted by molar-refractivity contribution is -0.154. The van der Waals surface area contributed by atoms with Gasteiger partial charge in [-0.15, -0.1) is 6.58 Å². The standard InChI is InChI=1S/C30H31F3N2O4/c1-3-15-35-16-14-28-25-19-7-10-22(36)26(25)39-27(28)21(12-13-29(28,38)23(35)17-19)34(2)24(37)11-6-18-4-8-20(9-5-18)30(31,32)33/h3-5,7-10,12-13,21,23,27,36,38H,1,6,11,14-17H2,2H3/t21?,23-,27?,28+,29-/m1/s1. The summed E-state index contributed by atoms with van der Waals surface area (Å²) in [5.74, 6) is 0.208. The second-order valence-electron chi connectivity index (χ2n) is 11.1. The Morgan fingerprint density at radius 2 is 2.00 bits per heavy atom. The first-order valence-corrected chi connectivity index (χ1v) is 13.2. The van der Waals surface area contributed by atoms with Crippen LogP contribution in [0.4, 0.5) is 13.2 Å². The number of aliphatic hydroxyl groups is 1. The third-order valence-corrected chi connectivity index (χ3v) is 9.24. The van der Waals surface area contributed by atoms with Gasteiger partial charge in [0.05, 0.1) is 17.0 Å². The van der Waals surface area contributed by atoms with Crippen LogP contribution in [-0.2, 0) is 29.2 Å². The molecule has 2 aromatic rings. The SMILES string of the molecule is C=CCN1CC[C@]23c4c5ccc(O)c4OC2C(N(C)C(=O)CCc2ccc(C(F)(F)F)cc2)C=C[C@@]3(O)[C@H]1C5. The second-order valence-corrected chi connectivity index (χ2v) is 11.1. The number of rotatable bonds is 6. The molecule has 2 heterocycles. The number of likely N-dealkylation sites (tertiary alicyclic amines) is 1. The van der Waals surface area contributed by atoms with Gasteiger partial charge in [0.15, 0.2) is 11.5 Å². The number of carbonyl (C=O) groups is 1. The van der Waals surface area contributed by atoms with Crippen molar-refractivity contribution in [1.29, 1.82) is 0 Å². The van der Waals surface area contributed by atoms with Crippen molar-refractivity contribution < 1.29 is 32.9 Å². The zero-order valence-electron chi connectivity index (χ0n) is 21.6. The first kappa shape index (κ1) is 26.0. The number of phenolic OH excluding ortho intramolecular Hbond substituents is 1. The largest absolute Gasteiger partial charge is 0.504 e. The summed E-state index contributed by atoms with van der Waals surface area (Å²) in [6.45, 7) is 5.22. The van der Waals surface area contributed by atoms with Crippen molar-refractivity contribution in [2.24, 2.45) is 0 Å². The smallest absolute Gasteiger partial charge is 0.416 e. The van der Waals surface area contributed by atoms with E-state index in [2.05, 4.69) is 11.5 Å². The van der Waals surface area contributed by atoms with Gasteiger partial charge < -0.3 is 19.8 Å². The van der Waals surface area contributed by atoms with Gasteiger partial charge in [-0.3, -0.25) is 9.69 Å². The van der Waals surface area contributed by atoms with E-state index in [0.29, 0.717) is 43.7 Å². The first-order chi connectivity index (χ1) is 18.5. The lowest BCUT2D eigenvalue weighted by Gasteiger charge is -2.62. The monoisotopic (exact) mass is 540 g/mol. The van der Waals surface area contributed by atoms with Gasteiger partial charge in [-0.2, -0.15) is 13.2 Å². The number of nitrogens with zero attached hydrogens (tertiary/aromatic N) is 2. The van der Waals surface area contributed by atoms with Crippen LogP contribution in [-0.4, -0.2) is 69.8 Å². The molecule has 1 saturated heterocycles. The van der Waals surface area contributed by atoms with Gasteiger partial charge in [0.25, 0.3) is 0 Å². The summed E-state index contributed by atoms with van der Waals surface area (Å²) in [5, 5.41) is 23.1. The van der Waals surface area contributed by atoms with E-state index < -0.39 is 34.9 Å². The van der Waals surface area contributed by atoms with Gasteiger partial charge in [0.1, 0.15) is 11.7 Å². The molecule has 2 unspecified atom stereocenters. The average Bonchev–Trinajstić information content (AvgIpc) is 3.25. The molecule has 206 valence electrons.